The van der Waals surface area contributed by atoms with Crippen LogP contribution in [0.1, 0.15) is 12.5 Å². The SMILES string of the molecule is CCc1ccc(N(C)S(=O)(=O)c2cc(Br)ccc2Br)cc1. The summed E-state index contributed by atoms with van der Waals surface area (Å²) in [6.07, 6.45) is 0.925. The molecule has 112 valence electrons. The highest BCUT2D eigenvalue weighted by atomic mass is 79.9. The smallest absolute Gasteiger partial charge is 0.265 e. The minimum atomic E-state index is -3.61. The van der Waals surface area contributed by atoms with Gasteiger partial charge < -0.3 is 0 Å². The molecule has 6 heteroatoms. The summed E-state index contributed by atoms with van der Waals surface area (Å²) in [7, 11) is -2.05. The first-order chi connectivity index (χ1) is 9.86. The second kappa shape index (κ2) is 6.50. The maximum atomic E-state index is 12.7. The molecule has 0 aliphatic rings. The average molecular weight is 433 g/mol. The molecule has 0 unspecified atom stereocenters. The van der Waals surface area contributed by atoms with Crippen molar-refractivity contribution in [3.05, 3.63) is 57.0 Å². The molecular weight excluding hydrogens is 418 g/mol. The molecule has 0 aliphatic carbocycles. The monoisotopic (exact) mass is 431 g/mol. The average Bonchev–Trinajstić information content (AvgIpc) is 2.49. The van der Waals surface area contributed by atoms with Crippen LogP contribution in [0, 0.1) is 0 Å². The molecule has 0 heterocycles. The third kappa shape index (κ3) is 3.49. The van der Waals surface area contributed by atoms with E-state index in [0.717, 1.165) is 10.9 Å². The summed E-state index contributed by atoms with van der Waals surface area (Å²) >= 11 is 6.61. The van der Waals surface area contributed by atoms with E-state index in [9.17, 15) is 8.42 Å². The first kappa shape index (κ1) is 16.5. The van der Waals surface area contributed by atoms with Crippen molar-refractivity contribution >= 4 is 47.6 Å². The topological polar surface area (TPSA) is 37.4 Å². The molecule has 0 atom stereocenters. The normalized spacial score (nSPS) is 11.4. The second-order valence-corrected chi connectivity index (χ2v) is 8.27. The van der Waals surface area contributed by atoms with E-state index in [1.54, 1.807) is 25.2 Å². The molecule has 0 fully saturated rings. The maximum Gasteiger partial charge on any atom is 0.265 e. The van der Waals surface area contributed by atoms with Crippen LogP contribution in [0.2, 0.25) is 0 Å². The van der Waals surface area contributed by atoms with E-state index < -0.39 is 10.0 Å². The van der Waals surface area contributed by atoms with Gasteiger partial charge in [-0.25, -0.2) is 8.42 Å². The predicted octanol–water partition coefficient (Wildman–Crippen LogP) is 4.60. The van der Waals surface area contributed by atoms with Crippen molar-refractivity contribution in [2.45, 2.75) is 18.2 Å². The van der Waals surface area contributed by atoms with Crippen molar-refractivity contribution < 1.29 is 8.42 Å². The third-order valence-corrected chi connectivity index (χ3v) is 6.51. The summed E-state index contributed by atoms with van der Waals surface area (Å²) in [5.74, 6) is 0. The number of rotatable bonds is 4. The number of nitrogens with zero attached hydrogens (tertiary/aromatic N) is 1. The standard InChI is InChI=1S/C15H15Br2NO2S/c1-3-11-4-7-13(8-5-11)18(2)21(19,20)15-10-12(16)6-9-14(15)17/h4-10H,3H2,1-2H3. The van der Waals surface area contributed by atoms with E-state index in [1.807, 2.05) is 24.3 Å². The minimum Gasteiger partial charge on any atom is -0.269 e. The lowest BCUT2D eigenvalue weighted by Crippen LogP contribution is -2.26. The van der Waals surface area contributed by atoms with Gasteiger partial charge in [-0.15, -0.1) is 0 Å². The highest BCUT2D eigenvalue weighted by Crippen LogP contribution is 2.30. The Labute approximate surface area is 142 Å². The van der Waals surface area contributed by atoms with Crippen LogP contribution in [0.25, 0.3) is 0 Å². The van der Waals surface area contributed by atoms with E-state index in [-0.39, 0.29) is 4.90 Å². The van der Waals surface area contributed by atoms with Crippen LogP contribution in [0.3, 0.4) is 0 Å². The maximum absolute atomic E-state index is 12.7. The number of hydrogen-bond acceptors (Lipinski definition) is 2. The zero-order chi connectivity index (χ0) is 15.6. The Bertz CT molecular complexity index is 743. The van der Waals surface area contributed by atoms with Crippen molar-refractivity contribution in [2.24, 2.45) is 0 Å². The molecule has 0 radical (unpaired) electrons. The largest absolute Gasteiger partial charge is 0.269 e. The van der Waals surface area contributed by atoms with E-state index in [0.29, 0.717) is 10.2 Å². The molecular formula is C15H15Br2NO2S. The molecule has 21 heavy (non-hydrogen) atoms. The predicted molar refractivity (Wildman–Crippen MR) is 93.3 cm³/mol. The van der Waals surface area contributed by atoms with E-state index in [2.05, 4.69) is 38.8 Å². The van der Waals surface area contributed by atoms with Crippen molar-refractivity contribution in [2.75, 3.05) is 11.4 Å². The van der Waals surface area contributed by atoms with Gasteiger partial charge >= 0.3 is 0 Å². The van der Waals surface area contributed by atoms with Crippen molar-refractivity contribution in [1.82, 2.24) is 0 Å². The lowest BCUT2D eigenvalue weighted by atomic mass is 10.1. The van der Waals surface area contributed by atoms with Crippen LogP contribution >= 0.6 is 31.9 Å². The highest BCUT2D eigenvalue weighted by Gasteiger charge is 2.24. The summed E-state index contributed by atoms with van der Waals surface area (Å²) in [5.41, 5.74) is 1.81. The fourth-order valence-corrected chi connectivity index (χ4v) is 4.56. The molecule has 2 aromatic rings. The van der Waals surface area contributed by atoms with Crippen molar-refractivity contribution in [1.29, 1.82) is 0 Å². The van der Waals surface area contributed by atoms with Gasteiger partial charge in [-0.3, -0.25) is 4.31 Å². The highest BCUT2D eigenvalue weighted by molar-refractivity contribution is 9.11. The molecule has 0 aromatic heterocycles. The fraction of sp³-hybridized carbons (Fsp3) is 0.200. The zero-order valence-corrected chi connectivity index (χ0v) is 15.7. The van der Waals surface area contributed by atoms with Crippen molar-refractivity contribution in [3.63, 3.8) is 0 Å². The van der Waals surface area contributed by atoms with Crippen LogP contribution < -0.4 is 4.31 Å². The van der Waals surface area contributed by atoms with Gasteiger partial charge in [0.2, 0.25) is 0 Å². The second-order valence-electron chi connectivity index (χ2n) is 4.57. The van der Waals surface area contributed by atoms with Gasteiger partial charge in [0, 0.05) is 16.0 Å². The van der Waals surface area contributed by atoms with E-state index in [1.165, 1.54) is 9.87 Å². The van der Waals surface area contributed by atoms with Crippen LogP contribution in [-0.2, 0) is 16.4 Å². The quantitative estimate of drug-likeness (QED) is 0.707. The van der Waals surface area contributed by atoms with Crippen LogP contribution in [0.4, 0.5) is 5.69 Å². The Hall–Kier alpha value is -0.850. The molecule has 3 nitrogen and oxygen atoms in total. The number of benzene rings is 2. The minimum absolute atomic E-state index is 0.235. The Kier molecular flexibility index (Phi) is 5.11. The summed E-state index contributed by atoms with van der Waals surface area (Å²) in [6.45, 7) is 2.06. The summed E-state index contributed by atoms with van der Waals surface area (Å²) in [4.78, 5) is 0.235. The van der Waals surface area contributed by atoms with Gasteiger partial charge in [-0.1, -0.05) is 35.0 Å². The lowest BCUT2D eigenvalue weighted by Gasteiger charge is -2.20. The zero-order valence-electron chi connectivity index (χ0n) is 11.7. The van der Waals surface area contributed by atoms with Crippen LogP contribution in [0.15, 0.2) is 56.3 Å². The van der Waals surface area contributed by atoms with Crippen molar-refractivity contribution in [3.8, 4) is 0 Å². The molecule has 2 aromatic carbocycles. The number of halogens is 2. The van der Waals surface area contributed by atoms with Gasteiger partial charge in [0.05, 0.1) is 5.69 Å². The molecule has 0 saturated heterocycles. The summed E-state index contributed by atoms with van der Waals surface area (Å²) < 4.78 is 28.0. The van der Waals surface area contributed by atoms with Crippen LogP contribution in [-0.4, -0.2) is 15.5 Å². The van der Waals surface area contributed by atoms with Gasteiger partial charge in [0.25, 0.3) is 10.0 Å². The van der Waals surface area contributed by atoms with Gasteiger partial charge in [-0.05, 0) is 58.2 Å². The molecule has 2 rings (SSSR count). The lowest BCUT2D eigenvalue weighted by molar-refractivity contribution is 0.594. The third-order valence-electron chi connectivity index (χ3n) is 3.24. The molecule has 0 saturated carbocycles. The molecule has 0 bridgehead atoms. The van der Waals surface area contributed by atoms with Gasteiger partial charge in [0.15, 0.2) is 0 Å². The Morgan fingerprint density at radius 2 is 1.67 bits per heavy atom. The Balaban J connectivity index is 2.44. The summed E-state index contributed by atoms with van der Waals surface area (Å²) in [6, 6.07) is 12.6. The Morgan fingerprint density at radius 3 is 2.24 bits per heavy atom. The number of anilines is 1. The number of hydrogen-bond donors (Lipinski definition) is 0. The van der Waals surface area contributed by atoms with Gasteiger partial charge in [0.1, 0.15) is 4.90 Å². The summed E-state index contributed by atoms with van der Waals surface area (Å²) in [5, 5.41) is 0. The molecule has 0 amide bonds. The Morgan fingerprint density at radius 1 is 1.05 bits per heavy atom. The number of sulfonamides is 1. The molecule has 0 spiro atoms. The molecule has 0 N–H and O–H groups in total. The van der Waals surface area contributed by atoms with E-state index >= 15 is 0 Å². The molecule has 0 aliphatic heterocycles. The first-order valence-corrected chi connectivity index (χ1v) is 9.41. The van der Waals surface area contributed by atoms with Gasteiger partial charge in [-0.2, -0.15) is 0 Å². The van der Waals surface area contributed by atoms with E-state index in [4.69, 9.17) is 0 Å². The first-order valence-electron chi connectivity index (χ1n) is 6.39. The number of aryl methyl sites for hydroxylation is 1. The fourth-order valence-electron chi connectivity index (χ4n) is 1.90. The van der Waals surface area contributed by atoms with Crippen LogP contribution in [0.5, 0.6) is 0 Å².